The van der Waals surface area contributed by atoms with Gasteiger partial charge in [0, 0.05) is 26.4 Å². The van der Waals surface area contributed by atoms with E-state index < -0.39 is 0 Å². The van der Waals surface area contributed by atoms with E-state index in [4.69, 9.17) is 4.74 Å². The fourth-order valence-electron chi connectivity index (χ4n) is 2.23. The van der Waals surface area contributed by atoms with E-state index in [-0.39, 0.29) is 0 Å². The zero-order valence-electron chi connectivity index (χ0n) is 13.5. The third kappa shape index (κ3) is 5.47. The minimum absolute atomic E-state index is 0.336. The van der Waals surface area contributed by atoms with Crippen molar-refractivity contribution < 1.29 is 4.74 Å². The molecule has 0 aliphatic rings. The Kier molecular flexibility index (Phi) is 7.55. The lowest BCUT2D eigenvalue weighted by Crippen LogP contribution is -2.36. The number of nitrogens with one attached hydrogen (secondary N) is 1. The molecule has 0 fully saturated rings. The van der Waals surface area contributed by atoms with Gasteiger partial charge in [-0.15, -0.1) is 0 Å². The molecule has 0 saturated carbocycles. The van der Waals surface area contributed by atoms with Crippen LogP contribution in [0.1, 0.15) is 33.3 Å². The van der Waals surface area contributed by atoms with Gasteiger partial charge in [-0.2, -0.15) is 0 Å². The van der Waals surface area contributed by atoms with Crippen molar-refractivity contribution in [2.24, 2.45) is 5.92 Å². The van der Waals surface area contributed by atoms with Crippen molar-refractivity contribution in [3.05, 3.63) is 23.9 Å². The van der Waals surface area contributed by atoms with Gasteiger partial charge in [-0.25, -0.2) is 4.98 Å². The molecule has 4 nitrogen and oxygen atoms in total. The van der Waals surface area contributed by atoms with Gasteiger partial charge in [-0.1, -0.05) is 19.9 Å². The molecule has 0 saturated heterocycles. The summed E-state index contributed by atoms with van der Waals surface area (Å²) in [6, 6.07) is 4.59. The molecule has 20 heavy (non-hydrogen) atoms. The van der Waals surface area contributed by atoms with Crippen LogP contribution in [-0.4, -0.2) is 37.8 Å². The molecule has 0 bridgehead atoms. The maximum absolute atomic E-state index is 5.23. The van der Waals surface area contributed by atoms with E-state index in [1.165, 1.54) is 5.56 Å². The number of rotatable bonds is 9. The Bertz CT molecular complexity index is 364. The first-order valence-electron chi connectivity index (χ1n) is 7.49. The average Bonchev–Trinajstić information content (AvgIpc) is 2.41. The number of anilines is 1. The van der Waals surface area contributed by atoms with Crippen LogP contribution in [0.4, 0.5) is 5.82 Å². The van der Waals surface area contributed by atoms with Crippen LogP contribution in [0.3, 0.4) is 0 Å². The summed E-state index contributed by atoms with van der Waals surface area (Å²) in [6.45, 7) is 12.3. The van der Waals surface area contributed by atoms with Crippen molar-refractivity contribution in [1.29, 1.82) is 0 Å². The molecule has 1 N–H and O–H groups in total. The van der Waals surface area contributed by atoms with E-state index in [1.54, 1.807) is 7.11 Å². The normalized spacial score (nSPS) is 12.7. The highest BCUT2D eigenvalue weighted by atomic mass is 16.5. The van der Waals surface area contributed by atoms with Gasteiger partial charge in [0.15, 0.2) is 0 Å². The number of hydrogen-bond acceptors (Lipinski definition) is 4. The summed E-state index contributed by atoms with van der Waals surface area (Å²) in [4.78, 5) is 6.84. The van der Waals surface area contributed by atoms with Crippen molar-refractivity contribution in [2.45, 2.75) is 40.3 Å². The van der Waals surface area contributed by atoms with E-state index in [0.717, 1.165) is 25.5 Å². The van der Waals surface area contributed by atoms with Crippen LogP contribution in [0.15, 0.2) is 18.3 Å². The summed E-state index contributed by atoms with van der Waals surface area (Å²) in [5, 5.41) is 3.43. The Morgan fingerprint density at radius 2 is 2.05 bits per heavy atom. The van der Waals surface area contributed by atoms with Gasteiger partial charge in [0.1, 0.15) is 5.82 Å². The Morgan fingerprint density at radius 3 is 2.55 bits per heavy atom. The van der Waals surface area contributed by atoms with Crippen LogP contribution < -0.4 is 10.2 Å². The van der Waals surface area contributed by atoms with E-state index in [2.05, 4.69) is 55.0 Å². The highest BCUT2D eigenvalue weighted by Gasteiger charge is 2.13. The molecule has 0 aliphatic carbocycles. The highest BCUT2D eigenvalue weighted by molar-refractivity contribution is 5.40. The van der Waals surface area contributed by atoms with Crippen molar-refractivity contribution in [3.8, 4) is 0 Å². The number of pyridine rings is 1. The molecule has 1 aromatic rings. The lowest BCUT2D eigenvalue weighted by Gasteiger charge is -2.28. The molecule has 4 heteroatoms. The number of ether oxygens (including phenoxy) is 1. The summed E-state index contributed by atoms with van der Waals surface area (Å²) in [7, 11) is 1.74. The molecule has 1 atom stereocenters. The molecule has 0 aromatic carbocycles. The van der Waals surface area contributed by atoms with E-state index in [9.17, 15) is 0 Å². The first-order valence-corrected chi connectivity index (χ1v) is 7.49. The monoisotopic (exact) mass is 279 g/mol. The number of hydrogen-bond donors (Lipinski definition) is 1. The fourth-order valence-corrected chi connectivity index (χ4v) is 2.23. The van der Waals surface area contributed by atoms with Crippen LogP contribution in [0.2, 0.25) is 0 Å². The van der Waals surface area contributed by atoms with Crippen LogP contribution in [0, 0.1) is 5.92 Å². The predicted octanol–water partition coefficient (Wildman–Crippen LogP) is 2.69. The SMILES string of the molecule is CCN(c1ccc(CNCC(C)C)cn1)C(C)COC. The second kappa shape index (κ2) is 8.93. The molecule has 1 unspecified atom stereocenters. The second-order valence-electron chi connectivity index (χ2n) is 5.64. The zero-order chi connectivity index (χ0) is 15.0. The molecular formula is C16H29N3O. The van der Waals surface area contributed by atoms with E-state index in [1.807, 2.05) is 6.20 Å². The number of nitrogens with zero attached hydrogens (tertiary/aromatic N) is 2. The Balaban J connectivity index is 2.59. The summed E-state index contributed by atoms with van der Waals surface area (Å²) < 4.78 is 5.23. The van der Waals surface area contributed by atoms with Gasteiger partial charge in [-0.3, -0.25) is 0 Å². The van der Waals surface area contributed by atoms with E-state index in [0.29, 0.717) is 18.6 Å². The summed E-state index contributed by atoms with van der Waals surface area (Å²) in [5.74, 6) is 1.69. The molecule has 0 aliphatic heterocycles. The first-order chi connectivity index (χ1) is 9.58. The van der Waals surface area contributed by atoms with Crippen LogP contribution in [-0.2, 0) is 11.3 Å². The highest BCUT2D eigenvalue weighted by Crippen LogP contribution is 2.14. The summed E-state index contributed by atoms with van der Waals surface area (Å²) >= 11 is 0. The first kappa shape index (κ1) is 16.9. The second-order valence-corrected chi connectivity index (χ2v) is 5.64. The average molecular weight is 279 g/mol. The summed E-state index contributed by atoms with van der Waals surface area (Å²) in [5.41, 5.74) is 1.23. The Labute approximate surface area is 123 Å². The van der Waals surface area contributed by atoms with Gasteiger partial charge in [0.05, 0.1) is 12.6 Å². The molecule has 0 radical (unpaired) electrons. The molecule has 1 rings (SSSR count). The van der Waals surface area contributed by atoms with Gasteiger partial charge >= 0.3 is 0 Å². The van der Waals surface area contributed by atoms with E-state index >= 15 is 0 Å². The number of aromatic nitrogens is 1. The smallest absolute Gasteiger partial charge is 0.128 e. The van der Waals surface area contributed by atoms with Gasteiger partial charge in [-0.05, 0) is 37.9 Å². The largest absolute Gasteiger partial charge is 0.383 e. The topological polar surface area (TPSA) is 37.4 Å². The lowest BCUT2D eigenvalue weighted by molar-refractivity contribution is 0.181. The third-order valence-electron chi connectivity index (χ3n) is 3.27. The minimum Gasteiger partial charge on any atom is -0.383 e. The van der Waals surface area contributed by atoms with Crippen molar-refractivity contribution in [2.75, 3.05) is 31.7 Å². The standard InChI is InChI=1S/C16H29N3O/c1-6-19(14(4)12-20-5)16-8-7-15(11-18-16)10-17-9-13(2)3/h7-8,11,13-14,17H,6,9-10,12H2,1-5H3. The molecule has 114 valence electrons. The van der Waals surface area contributed by atoms with Crippen molar-refractivity contribution >= 4 is 5.82 Å². The van der Waals surface area contributed by atoms with Gasteiger partial charge < -0.3 is 15.0 Å². The molecule has 0 amide bonds. The van der Waals surface area contributed by atoms with Gasteiger partial charge in [0.25, 0.3) is 0 Å². The fraction of sp³-hybridized carbons (Fsp3) is 0.688. The van der Waals surface area contributed by atoms with Gasteiger partial charge in [0.2, 0.25) is 0 Å². The van der Waals surface area contributed by atoms with Crippen LogP contribution in [0.25, 0.3) is 0 Å². The minimum atomic E-state index is 0.336. The third-order valence-corrected chi connectivity index (χ3v) is 3.27. The Hall–Kier alpha value is -1.13. The molecule has 0 spiro atoms. The molecule has 1 aromatic heterocycles. The quantitative estimate of drug-likeness (QED) is 0.754. The maximum atomic E-state index is 5.23. The lowest BCUT2D eigenvalue weighted by atomic mass is 10.2. The van der Waals surface area contributed by atoms with Crippen molar-refractivity contribution in [1.82, 2.24) is 10.3 Å². The van der Waals surface area contributed by atoms with Crippen molar-refractivity contribution in [3.63, 3.8) is 0 Å². The zero-order valence-corrected chi connectivity index (χ0v) is 13.5. The maximum Gasteiger partial charge on any atom is 0.128 e. The van der Waals surface area contributed by atoms with Crippen LogP contribution >= 0.6 is 0 Å². The molecular weight excluding hydrogens is 250 g/mol. The van der Waals surface area contributed by atoms with Crippen LogP contribution in [0.5, 0.6) is 0 Å². The number of methoxy groups -OCH3 is 1. The Morgan fingerprint density at radius 1 is 1.30 bits per heavy atom. The predicted molar refractivity (Wildman–Crippen MR) is 85.1 cm³/mol. The summed E-state index contributed by atoms with van der Waals surface area (Å²) in [6.07, 6.45) is 1.96. The molecule has 1 heterocycles. The number of likely N-dealkylation sites (N-methyl/N-ethyl adjacent to an activating group) is 1.